The van der Waals surface area contributed by atoms with Gasteiger partial charge in [-0.2, -0.15) is 0 Å². The Bertz CT molecular complexity index is 1290. The van der Waals surface area contributed by atoms with E-state index in [2.05, 4.69) is 9.88 Å². The van der Waals surface area contributed by atoms with E-state index in [9.17, 15) is 14.7 Å². The van der Waals surface area contributed by atoms with E-state index in [0.717, 1.165) is 19.6 Å². The average Bonchev–Trinajstić information content (AvgIpc) is 3.33. The van der Waals surface area contributed by atoms with E-state index < -0.39 is 17.7 Å². The van der Waals surface area contributed by atoms with Crippen molar-refractivity contribution in [2.75, 3.05) is 39.4 Å². The third-order valence-corrected chi connectivity index (χ3v) is 6.88. The number of hydrogen-bond donors (Lipinski definition) is 1. The summed E-state index contributed by atoms with van der Waals surface area (Å²) >= 11 is 6.11. The van der Waals surface area contributed by atoms with Gasteiger partial charge in [-0.15, -0.1) is 0 Å². The number of aromatic nitrogens is 2. The number of pyridine rings is 1. The summed E-state index contributed by atoms with van der Waals surface area (Å²) in [6, 6.07) is 11.8. The molecule has 2 aliphatic heterocycles. The number of carbonyl (C=O) groups is 2. The summed E-state index contributed by atoms with van der Waals surface area (Å²) in [6.45, 7) is 6.07. The monoisotopic (exact) mass is 494 g/mol. The molecular formula is C26H27ClN4O4. The average molecular weight is 495 g/mol. The van der Waals surface area contributed by atoms with E-state index in [1.165, 1.54) is 0 Å². The van der Waals surface area contributed by atoms with E-state index in [0.29, 0.717) is 53.8 Å². The van der Waals surface area contributed by atoms with Crippen LogP contribution in [0.15, 0.2) is 54.2 Å². The molecule has 4 heterocycles. The zero-order valence-electron chi connectivity index (χ0n) is 19.5. The van der Waals surface area contributed by atoms with Crippen LogP contribution in [0.25, 0.3) is 11.4 Å². The number of hydrogen-bond acceptors (Lipinski definition) is 6. The molecule has 1 N–H and O–H groups in total. The molecule has 1 aromatic carbocycles. The standard InChI is InChI=1S/C26H27ClN4O4/c1-17-22(30-11-3-2-5-20(30)28-17)24(32)21-23(18-6-8-19(27)9-7-18)31(26(34)25(21)33)12-4-10-29-13-15-35-16-14-29/h2-3,5-9,11,23,32H,4,10,12-16H2,1H3/t23-/m0/s1. The second-order valence-corrected chi connectivity index (χ2v) is 9.26. The molecule has 0 unspecified atom stereocenters. The second-order valence-electron chi connectivity index (χ2n) is 8.83. The number of fused-ring (bicyclic) bond motifs is 1. The summed E-state index contributed by atoms with van der Waals surface area (Å²) in [5.41, 5.74) is 2.41. The van der Waals surface area contributed by atoms with Crippen molar-refractivity contribution < 1.29 is 19.4 Å². The van der Waals surface area contributed by atoms with E-state index in [4.69, 9.17) is 16.3 Å². The van der Waals surface area contributed by atoms with Crippen molar-refractivity contribution >= 4 is 34.7 Å². The number of morpholine rings is 1. The first-order chi connectivity index (χ1) is 17.0. The highest BCUT2D eigenvalue weighted by Crippen LogP contribution is 2.40. The summed E-state index contributed by atoms with van der Waals surface area (Å²) in [6.07, 6.45) is 2.48. The van der Waals surface area contributed by atoms with Gasteiger partial charge in [0.15, 0.2) is 5.76 Å². The van der Waals surface area contributed by atoms with Gasteiger partial charge in [-0.05, 0) is 43.2 Å². The fourth-order valence-corrected chi connectivity index (χ4v) is 5.04. The maximum atomic E-state index is 13.3. The number of likely N-dealkylation sites (tertiary alicyclic amines) is 1. The minimum Gasteiger partial charge on any atom is -0.505 e. The normalized spacial score (nSPS) is 20.7. The van der Waals surface area contributed by atoms with Crippen LogP contribution in [0, 0.1) is 6.92 Å². The Kier molecular flexibility index (Phi) is 6.60. The van der Waals surface area contributed by atoms with Crippen molar-refractivity contribution in [3.8, 4) is 0 Å². The first kappa shape index (κ1) is 23.5. The summed E-state index contributed by atoms with van der Waals surface area (Å²) in [5.74, 6) is -1.53. The lowest BCUT2D eigenvalue weighted by Gasteiger charge is -2.29. The van der Waals surface area contributed by atoms with Crippen molar-refractivity contribution in [2.24, 2.45) is 0 Å². The molecule has 35 heavy (non-hydrogen) atoms. The van der Waals surface area contributed by atoms with Crippen molar-refractivity contribution in [3.05, 3.63) is 76.2 Å². The number of halogens is 1. The van der Waals surface area contributed by atoms with Crippen molar-refractivity contribution in [1.29, 1.82) is 0 Å². The lowest BCUT2D eigenvalue weighted by atomic mass is 9.96. The van der Waals surface area contributed by atoms with Crippen LogP contribution in [0.5, 0.6) is 0 Å². The van der Waals surface area contributed by atoms with Crippen LogP contribution in [0.1, 0.15) is 29.4 Å². The SMILES string of the molecule is Cc1nc2ccccn2c1C(O)=C1C(=O)C(=O)N(CCCN2CCOCC2)[C@H]1c1ccc(Cl)cc1. The quantitative estimate of drug-likeness (QED) is 0.321. The number of ether oxygens (including phenoxy) is 1. The maximum Gasteiger partial charge on any atom is 0.295 e. The number of aliphatic hydroxyl groups excluding tert-OH is 1. The Hall–Kier alpha value is -3.20. The third-order valence-electron chi connectivity index (χ3n) is 6.63. The van der Waals surface area contributed by atoms with Crippen LogP contribution in [-0.2, 0) is 14.3 Å². The predicted molar refractivity (Wildman–Crippen MR) is 132 cm³/mol. The molecule has 3 aromatic rings. The number of nitrogens with zero attached hydrogens (tertiary/aromatic N) is 4. The smallest absolute Gasteiger partial charge is 0.295 e. The molecule has 0 radical (unpaired) electrons. The number of Topliss-reactive ketones (excluding diaryl/α,β-unsaturated/α-hetero) is 1. The van der Waals surface area contributed by atoms with Gasteiger partial charge in [-0.3, -0.25) is 18.9 Å². The molecule has 0 aliphatic carbocycles. The summed E-state index contributed by atoms with van der Waals surface area (Å²) < 4.78 is 7.14. The third kappa shape index (κ3) is 4.45. The fraction of sp³-hybridized carbons (Fsp3) is 0.346. The summed E-state index contributed by atoms with van der Waals surface area (Å²) in [4.78, 5) is 34.9. The van der Waals surface area contributed by atoms with Gasteiger partial charge in [0.1, 0.15) is 11.3 Å². The highest BCUT2D eigenvalue weighted by molar-refractivity contribution is 6.46. The number of amides is 1. The number of carbonyl (C=O) groups excluding carboxylic acids is 2. The predicted octanol–water partition coefficient (Wildman–Crippen LogP) is 3.44. The topological polar surface area (TPSA) is 87.4 Å². The highest BCUT2D eigenvalue weighted by Gasteiger charge is 2.46. The first-order valence-electron chi connectivity index (χ1n) is 11.7. The lowest BCUT2D eigenvalue weighted by molar-refractivity contribution is -0.140. The highest BCUT2D eigenvalue weighted by atomic mass is 35.5. The number of aryl methyl sites for hydroxylation is 1. The van der Waals surface area contributed by atoms with Crippen molar-refractivity contribution in [3.63, 3.8) is 0 Å². The Morgan fingerprint density at radius 2 is 1.86 bits per heavy atom. The number of ketones is 1. The minimum atomic E-state index is -0.717. The molecule has 0 bridgehead atoms. The molecule has 2 aliphatic rings. The van der Waals surface area contributed by atoms with Gasteiger partial charge in [0.05, 0.1) is 30.5 Å². The first-order valence-corrected chi connectivity index (χ1v) is 12.1. The second kappa shape index (κ2) is 9.81. The molecule has 0 spiro atoms. The molecule has 2 fully saturated rings. The number of rotatable bonds is 6. The Labute approximate surface area is 208 Å². The molecule has 9 heteroatoms. The van der Waals surface area contributed by atoms with Gasteiger partial charge in [0, 0.05) is 37.4 Å². The van der Waals surface area contributed by atoms with E-state index in [1.807, 2.05) is 18.2 Å². The van der Waals surface area contributed by atoms with E-state index in [-0.39, 0.29) is 11.3 Å². The van der Waals surface area contributed by atoms with Crippen molar-refractivity contribution in [2.45, 2.75) is 19.4 Å². The molecule has 2 saturated heterocycles. The van der Waals surface area contributed by atoms with Crippen LogP contribution in [-0.4, -0.2) is 75.4 Å². The molecule has 1 amide bonds. The van der Waals surface area contributed by atoms with Crippen molar-refractivity contribution in [1.82, 2.24) is 19.2 Å². The van der Waals surface area contributed by atoms with Crippen LogP contribution >= 0.6 is 11.6 Å². The Morgan fingerprint density at radius 3 is 2.60 bits per heavy atom. The largest absolute Gasteiger partial charge is 0.505 e. The van der Waals surface area contributed by atoms with Gasteiger partial charge in [0.2, 0.25) is 0 Å². The van der Waals surface area contributed by atoms with Gasteiger partial charge in [0.25, 0.3) is 11.7 Å². The molecule has 0 saturated carbocycles. The number of benzene rings is 1. The lowest BCUT2D eigenvalue weighted by Crippen LogP contribution is -2.38. The Balaban J connectivity index is 1.54. The van der Waals surface area contributed by atoms with Crippen LogP contribution in [0.2, 0.25) is 5.02 Å². The van der Waals surface area contributed by atoms with E-state index >= 15 is 0 Å². The van der Waals surface area contributed by atoms with Crippen LogP contribution in [0.4, 0.5) is 0 Å². The zero-order valence-corrected chi connectivity index (χ0v) is 20.2. The summed E-state index contributed by atoms with van der Waals surface area (Å²) in [5, 5.41) is 12.0. The minimum absolute atomic E-state index is 0.0671. The van der Waals surface area contributed by atoms with Gasteiger partial charge in [-0.1, -0.05) is 29.8 Å². The molecule has 5 rings (SSSR count). The molecule has 8 nitrogen and oxygen atoms in total. The Morgan fingerprint density at radius 1 is 1.11 bits per heavy atom. The fourth-order valence-electron chi connectivity index (χ4n) is 4.92. The molecule has 1 atom stereocenters. The number of aliphatic hydroxyl groups is 1. The van der Waals surface area contributed by atoms with Crippen LogP contribution in [0.3, 0.4) is 0 Å². The molecule has 2 aromatic heterocycles. The van der Waals surface area contributed by atoms with Gasteiger partial charge in [-0.25, -0.2) is 4.98 Å². The number of imidazole rings is 1. The van der Waals surface area contributed by atoms with Gasteiger partial charge < -0.3 is 14.7 Å². The molecule has 182 valence electrons. The summed E-state index contributed by atoms with van der Waals surface area (Å²) in [7, 11) is 0. The van der Waals surface area contributed by atoms with E-state index in [1.54, 1.807) is 46.7 Å². The maximum absolute atomic E-state index is 13.3. The molecular weight excluding hydrogens is 468 g/mol. The van der Waals surface area contributed by atoms with Gasteiger partial charge >= 0.3 is 0 Å². The van der Waals surface area contributed by atoms with Crippen LogP contribution < -0.4 is 0 Å². The zero-order chi connectivity index (χ0) is 24.5.